The van der Waals surface area contributed by atoms with Gasteiger partial charge in [0.1, 0.15) is 11.9 Å². The van der Waals surface area contributed by atoms with Crippen LogP contribution < -0.4 is 5.32 Å². The molecule has 8 heteroatoms. The number of nitro groups is 1. The molecular weight excluding hydrogens is 259 g/mol. The number of hydrogen-bond acceptors (Lipinski definition) is 4. The van der Waals surface area contributed by atoms with Crippen molar-refractivity contribution in [3.8, 4) is 0 Å². The predicted octanol–water partition coefficient (Wildman–Crippen LogP) is 0.866. The van der Waals surface area contributed by atoms with Gasteiger partial charge in [0.15, 0.2) is 0 Å². The number of benzene rings is 1. The lowest BCUT2D eigenvalue weighted by Crippen LogP contribution is -2.41. The minimum atomic E-state index is -1.35. The van der Waals surface area contributed by atoms with Crippen molar-refractivity contribution in [2.24, 2.45) is 0 Å². The highest BCUT2D eigenvalue weighted by atomic mass is 19.1. The largest absolute Gasteiger partial charge is 0.480 e. The molecule has 7 nitrogen and oxygen atoms in total. The maximum atomic E-state index is 13.1. The third-order valence-electron chi connectivity index (χ3n) is 2.34. The highest BCUT2D eigenvalue weighted by molar-refractivity contribution is 5.82. The van der Waals surface area contributed by atoms with Gasteiger partial charge in [-0.2, -0.15) is 0 Å². The van der Waals surface area contributed by atoms with E-state index in [1.807, 2.05) is 0 Å². The fraction of sp³-hybridized carbons (Fsp3) is 0.273. The van der Waals surface area contributed by atoms with Crippen LogP contribution in [0.5, 0.6) is 0 Å². The average Bonchev–Trinajstić information content (AvgIpc) is 2.26. The van der Waals surface area contributed by atoms with Crippen LogP contribution in [0.15, 0.2) is 18.2 Å². The molecule has 0 saturated carbocycles. The standard InChI is InChI=1S/C11H11FN2O5/c1-6(15)13-9(11(16)17)5-7-4-8(12)2-3-10(7)14(18)19/h2-4,9H,5H2,1H3,(H,13,15)(H,16,17). The van der Waals surface area contributed by atoms with E-state index in [9.17, 15) is 24.1 Å². The first-order valence-corrected chi connectivity index (χ1v) is 5.24. The van der Waals surface area contributed by atoms with Crippen LogP contribution in [0.1, 0.15) is 12.5 Å². The topological polar surface area (TPSA) is 110 Å². The molecule has 1 aromatic rings. The maximum absolute atomic E-state index is 13.1. The normalized spacial score (nSPS) is 11.7. The molecule has 19 heavy (non-hydrogen) atoms. The zero-order chi connectivity index (χ0) is 14.6. The lowest BCUT2D eigenvalue weighted by Gasteiger charge is -2.13. The summed E-state index contributed by atoms with van der Waals surface area (Å²) in [6, 6.07) is 1.40. The minimum absolute atomic E-state index is 0.0915. The first kappa shape index (κ1) is 14.6. The van der Waals surface area contributed by atoms with Crippen LogP contribution in [0.3, 0.4) is 0 Å². The van der Waals surface area contributed by atoms with E-state index in [0.717, 1.165) is 25.1 Å². The van der Waals surface area contributed by atoms with Gasteiger partial charge in [-0.15, -0.1) is 0 Å². The Hall–Kier alpha value is -2.51. The Bertz CT molecular complexity index is 532. The molecule has 1 rings (SSSR count). The Morgan fingerprint density at radius 3 is 2.63 bits per heavy atom. The van der Waals surface area contributed by atoms with Crippen LogP contribution in [0.25, 0.3) is 0 Å². The van der Waals surface area contributed by atoms with Crippen LogP contribution in [0.4, 0.5) is 10.1 Å². The smallest absolute Gasteiger partial charge is 0.326 e. The molecule has 0 aliphatic carbocycles. The van der Waals surface area contributed by atoms with E-state index >= 15 is 0 Å². The molecule has 1 unspecified atom stereocenters. The van der Waals surface area contributed by atoms with Gasteiger partial charge < -0.3 is 10.4 Å². The van der Waals surface area contributed by atoms with Crippen LogP contribution >= 0.6 is 0 Å². The zero-order valence-electron chi connectivity index (χ0n) is 9.92. The summed E-state index contributed by atoms with van der Waals surface area (Å²) in [5.74, 6) is -2.66. The Balaban J connectivity index is 3.07. The number of nitro benzene ring substituents is 1. The summed E-state index contributed by atoms with van der Waals surface area (Å²) in [5.41, 5.74) is -0.482. The van der Waals surface area contributed by atoms with E-state index in [4.69, 9.17) is 5.11 Å². The molecule has 0 saturated heterocycles. The van der Waals surface area contributed by atoms with Crippen molar-refractivity contribution in [1.29, 1.82) is 0 Å². The van der Waals surface area contributed by atoms with Gasteiger partial charge in [-0.25, -0.2) is 9.18 Å². The van der Waals surface area contributed by atoms with Crippen molar-refractivity contribution in [2.45, 2.75) is 19.4 Å². The quantitative estimate of drug-likeness (QED) is 0.609. The van der Waals surface area contributed by atoms with E-state index in [-0.39, 0.29) is 12.0 Å². The summed E-state index contributed by atoms with van der Waals surface area (Å²) >= 11 is 0. The first-order valence-electron chi connectivity index (χ1n) is 5.24. The van der Waals surface area contributed by atoms with Crippen molar-refractivity contribution >= 4 is 17.6 Å². The van der Waals surface area contributed by atoms with E-state index in [2.05, 4.69) is 5.32 Å². The molecular formula is C11H11FN2O5. The van der Waals surface area contributed by atoms with Gasteiger partial charge in [0.25, 0.3) is 5.69 Å². The molecule has 102 valence electrons. The number of nitrogens with one attached hydrogen (secondary N) is 1. The zero-order valence-corrected chi connectivity index (χ0v) is 9.92. The monoisotopic (exact) mass is 270 g/mol. The Kier molecular flexibility index (Phi) is 4.51. The first-order chi connectivity index (χ1) is 8.81. The van der Waals surface area contributed by atoms with Gasteiger partial charge in [0, 0.05) is 25.0 Å². The van der Waals surface area contributed by atoms with Crippen LogP contribution in [-0.4, -0.2) is 27.9 Å². The number of carbonyl (C=O) groups is 2. The van der Waals surface area contributed by atoms with Crippen LogP contribution in [0, 0.1) is 15.9 Å². The molecule has 0 aromatic heterocycles. The number of carboxylic acid groups (broad SMARTS) is 1. The van der Waals surface area contributed by atoms with Crippen molar-refractivity contribution in [2.75, 3.05) is 0 Å². The summed E-state index contributed by atoms with van der Waals surface area (Å²) in [6.07, 6.45) is -0.372. The number of carbonyl (C=O) groups excluding carboxylic acids is 1. The van der Waals surface area contributed by atoms with Gasteiger partial charge in [-0.05, 0) is 12.1 Å². The summed E-state index contributed by atoms with van der Waals surface area (Å²) in [5, 5.41) is 21.8. The van der Waals surface area contributed by atoms with Gasteiger partial charge in [-0.1, -0.05) is 0 Å². The van der Waals surface area contributed by atoms with Gasteiger partial charge in [0.2, 0.25) is 5.91 Å². The lowest BCUT2D eigenvalue weighted by molar-refractivity contribution is -0.385. The fourth-order valence-electron chi connectivity index (χ4n) is 1.56. The predicted molar refractivity (Wildman–Crippen MR) is 62.0 cm³/mol. The van der Waals surface area contributed by atoms with Crippen molar-refractivity contribution in [1.82, 2.24) is 5.32 Å². The van der Waals surface area contributed by atoms with E-state index < -0.39 is 34.3 Å². The van der Waals surface area contributed by atoms with Gasteiger partial charge in [0.05, 0.1) is 4.92 Å². The third-order valence-corrected chi connectivity index (χ3v) is 2.34. The molecule has 0 aliphatic heterocycles. The number of amides is 1. The fourth-order valence-corrected chi connectivity index (χ4v) is 1.56. The van der Waals surface area contributed by atoms with Gasteiger partial charge in [-0.3, -0.25) is 14.9 Å². The number of aliphatic carboxylic acids is 1. The van der Waals surface area contributed by atoms with Crippen molar-refractivity contribution in [3.05, 3.63) is 39.7 Å². The molecule has 1 atom stereocenters. The average molecular weight is 270 g/mol. The van der Waals surface area contributed by atoms with E-state index in [0.29, 0.717) is 0 Å². The van der Waals surface area contributed by atoms with Crippen LogP contribution in [-0.2, 0) is 16.0 Å². The Morgan fingerprint density at radius 2 is 2.16 bits per heavy atom. The molecule has 0 bridgehead atoms. The molecule has 0 spiro atoms. The van der Waals surface area contributed by atoms with Crippen molar-refractivity contribution < 1.29 is 24.0 Å². The van der Waals surface area contributed by atoms with E-state index in [1.54, 1.807) is 0 Å². The van der Waals surface area contributed by atoms with Crippen LogP contribution in [0.2, 0.25) is 0 Å². The third kappa shape index (κ3) is 4.02. The molecule has 0 radical (unpaired) electrons. The SMILES string of the molecule is CC(=O)NC(Cc1cc(F)ccc1[N+](=O)[O-])C(=O)O. The van der Waals surface area contributed by atoms with Gasteiger partial charge >= 0.3 is 5.97 Å². The summed E-state index contributed by atoms with van der Waals surface area (Å²) in [7, 11) is 0. The molecule has 1 amide bonds. The molecule has 0 aliphatic rings. The molecule has 0 fully saturated rings. The second-order valence-electron chi connectivity index (χ2n) is 3.83. The Labute approximate surface area is 107 Å². The summed E-state index contributed by atoms with van der Waals surface area (Å²) < 4.78 is 13.1. The molecule has 0 heterocycles. The second-order valence-corrected chi connectivity index (χ2v) is 3.83. The minimum Gasteiger partial charge on any atom is -0.480 e. The second kappa shape index (κ2) is 5.89. The number of carboxylic acids is 1. The number of nitrogens with zero attached hydrogens (tertiary/aromatic N) is 1. The lowest BCUT2D eigenvalue weighted by atomic mass is 10.0. The summed E-state index contributed by atoms with van der Waals surface area (Å²) in [6.45, 7) is 1.12. The highest BCUT2D eigenvalue weighted by Crippen LogP contribution is 2.21. The number of rotatable bonds is 5. The highest BCUT2D eigenvalue weighted by Gasteiger charge is 2.24. The number of halogens is 1. The molecule has 1 aromatic carbocycles. The maximum Gasteiger partial charge on any atom is 0.326 e. The Morgan fingerprint density at radius 1 is 1.53 bits per heavy atom. The van der Waals surface area contributed by atoms with Crippen molar-refractivity contribution in [3.63, 3.8) is 0 Å². The number of hydrogen-bond donors (Lipinski definition) is 2. The van der Waals surface area contributed by atoms with E-state index in [1.165, 1.54) is 0 Å². The summed E-state index contributed by atoms with van der Waals surface area (Å²) in [4.78, 5) is 31.8. The molecule has 2 N–H and O–H groups in total.